The van der Waals surface area contributed by atoms with E-state index >= 15 is 0 Å². The second-order valence-electron chi connectivity index (χ2n) is 4.65. The van der Waals surface area contributed by atoms with E-state index in [1.54, 1.807) is 6.07 Å². The second kappa shape index (κ2) is 6.38. The van der Waals surface area contributed by atoms with Crippen LogP contribution in [0.1, 0.15) is 27.2 Å². The molecule has 0 bridgehead atoms. The van der Waals surface area contributed by atoms with Gasteiger partial charge in [-0.3, -0.25) is 10.1 Å². The van der Waals surface area contributed by atoms with Crippen molar-refractivity contribution in [1.82, 2.24) is 0 Å². The summed E-state index contributed by atoms with van der Waals surface area (Å²) in [7, 11) is 0. The third-order valence-electron chi connectivity index (χ3n) is 2.76. The van der Waals surface area contributed by atoms with Crippen molar-refractivity contribution in [3.63, 3.8) is 0 Å². The highest BCUT2D eigenvalue weighted by Crippen LogP contribution is 2.28. The van der Waals surface area contributed by atoms with Crippen LogP contribution in [0.5, 0.6) is 11.5 Å². The van der Waals surface area contributed by atoms with E-state index in [0.717, 1.165) is 6.42 Å². The molecule has 0 saturated carbocycles. The van der Waals surface area contributed by atoms with Crippen molar-refractivity contribution in [3.8, 4) is 11.5 Å². The summed E-state index contributed by atoms with van der Waals surface area (Å²) in [6.07, 6.45) is 0.750. The number of nitro groups is 1. The van der Waals surface area contributed by atoms with Crippen LogP contribution in [-0.4, -0.2) is 23.7 Å². The Labute approximate surface area is 112 Å². The third-order valence-corrected chi connectivity index (χ3v) is 2.76. The summed E-state index contributed by atoms with van der Waals surface area (Å²) >= 11 is 0. The monoisotopic (exact) mass is 268 g/mol. The van der Waals surface area contributed by atoms with Gasteiger partial charge in [-0.15, -0.1) is 0 Å². The topological polar surface area (TPSA) is 87.6 Å². The van der Waals surface area contributed by atoms with E-state index in [0.29, 0.717) is 18.1 Å². The fourth-order valence-corrected chi connectivity index (χ4v) is 1.35. The van der Waals surface area contributed by atoms with Gasteiger partial charge in [0.25, 0.3) is 5.69 Å². The number of hydrogen-bond acceptors (Lipinski definition) is 5. The summed E-state index contributed by atoms with van der Waals surface area (Å²) in [5.74, 6) is 0.810. The Hall–Kier alpha value is -1.82. The van der Waals surface area contributed by atoms with Crippen LogP contribution in [-0.2, 0) is 0 Å². The minimum Gasteiger partial charge on any atom is -0.493 e. The molecule has 0 aromatic heterocycles. The Kier molecular flexibility index (Phi) is 5.11. The summed E-state index contributed by atoms with van der Waals surface area (Å²) in [6, 6.07) is 4.37. The van der Waals surface area contributed by atoms with Gasteiger partial charge in [-0.1, -0.05) is 6.92 Å². The lowest BCUT2D eigenvalue weighted by Gasteiger charge is -2.22. The Morgan fingerprint density at radius 2 is 1.84 bits per heavy atom. The zero-order chi connectivity index (χ0) is 14.5. The van der Waals surface area contributed by atoms with Gasteiger partial charge in [0, 0.05) is 11.6 Å². The van der Waals surface area contributed by atoms with Gasteiger partial charge in [0.2, 0.25) is 0 Å². The molecule has 0 radical (unpaired) electrons. The van der Waals surface area contributed by atoms with Crippen molar-refractivity contribution in [2.24, 2.45) is 5.73 Å². The molecule has 0 heterocycles. The van der Waals surface area contributed by atoms with E-state index in [4.69, 9.17) is 15.2 Å². The van der Waals surface area contributed by atoms with Crippen molar-refractivity contribution in [3.05, 3.63) is 28.3 Å². The summed E-state index contributed by atoms with van der Waals surface area (Å²) in [5.41, 5.74) is 5.45. The number of nitrogens with two attached hydrogens (primary N) is 1. The van der Waals surface area contributed by atoms with E-state index in [-0.39, 0.29) is 12.3 Å². The molecule has 1 rings (SSSR count). The highest BCUT2D eigenvalue weighted by Gasteiger charge is 2.18. The smallest absolute Gasteiger partial charge is 0.276 e. The van der Waals surface area contributed by atoms with Crippen LogP contribution in [0.3, 0.4) is 0 Å². The SMILES string of the molecule is CCOc1cc(OCC(C)(N)CC)cc([N+](=O)[O-])c1. The molecule has 106 valence electrons. The first-order chi connectivity index (χ1) is 8.88. The third kappa shape index (κ3) is 4.75. The van der Waals surface area contributed by atoms with E-state index in [2.05, 4.69) is 0 Å². The molecule has 6 heteroatoms. The zero-order valence-corrected chi connectivity index (χ0v) is 11.5. The lowest BCUT2D eigenvalue weighted by molar-refractivity contribution is -0.385. The van der Waals surface area contributed by atoms with Crippen LogP contribution in [0.2, 0.25) is 0 Å². The van der Waals surface area contributed by atoms with Crippen molar-refractivity contribution in [1.29, 1.82) is 0 Å². The number of hydrogen-bond donors (Lipinski definition) is 1. The van der Waals surface area contributed by atoms with Crippen LogP contribution < -0.4 is 15.2 Å². The molecule has 1 atom stereocenters. The second-order valence-corrected chi connectivity index (χ2v) is 4.65. The van der Waals surface area contributed by atoms with Gasteiger partial charge in [-0.05, 0) is 20.3 Å². The molecule has 0 fully saturated rings. The lowest BCUT2D eigenvalue weighted by Crippen LogP contribution is -2.41. The number of benzene rings is 1. The Morgan fingerprint density at radius 1 is 1.26 bits per heavy atom. The van der Waals surface area contributed by atoms with Crippen LogP contribution in [0.25, 0.3) is 0 Å². The first kappa shape index (κ1) is 15.2. The predicted octanol–water partition coefficient (Wildman–Crippen LogP) is 2.50. The highest BCUT2D eigenvalue weighted by molar-refractivity contribution is 5.46. The van der Waals surface area contributed by atoms with Crippen LogP contribution in [0.15, 0.2) is 18.2 Å². The number of ether oxygens (including phenoxy) is 2. The summed E-state index contributed by atoms with van der Waals surface area (Å²) in [4.78, 5) is 10.4. The van der Waals surface area contributed by atoms with E-state index < -0.39 is 10.5 Å². The standard InChI is InChI=1S/C13H20N2O4/c1-4-13(3,14)9-19-12-7-10(15(16)17)6-11(8-12)18-5-2/h6-8H,4-5,9,14H2,1-3H3. The summed E-state index contributed by atoms with van der Waals surface area (Å²) < 4.78 is 10.8. The molecule has 19 heavy (non-hydrogen) atoms. The van der Waals surface area contributed by atoms with Crippen molar-refractivity contribution >= 4 is 5.69 Å². The van der Waals surface area contributed by atoms with Crippen molar-refractivity contribution < 1.29 is 14.4 Å². The molecule has 0 aliphatic heterocycles. The highest BCUT2D eigenvalue weighted by atomic mass is 16.6. The zero-order valence-electron chi connectivity index (χ0n) is 11.5. The summed E-state index contributed by atoms with van der Waals surface area (Å²) in [6.45, 7) is 6.37. The predicted molar refractivity (Wildman–Crippen MR) is 72.6 cm³/mol. The Morgan fingerprint density at radius 3 is 2.32 bits per heavy atom. The molecule has 0 amide bonds. The molecule has 1 aromatic carbocycles. The maximum absolute atomic E-state index is 10.8. The van der Waals surface area contributed by atoms with E-state index in [9.17, 15) is 10.1 Å². The summed E-state index contributed by atoms with van der Waals surface area (Å²) in [5, 5.41) is 10.8. The molecule has 1 aromatic rings. The number of nitrogens with zero attached hydrogens (tertiary/aromatic N) is 1. The van der Waals surface area contributed by atoms with E-state index in [1.165, 1.54) is 12.1 Å². The minimum absolute atomic E-state index is 0.0591. The van der Waals surface area contributed by atoms with Crippen LogP contribution in [0, 0.1) is 10.1 Å². The van der Waals surface area contributed by atoms with Gasteiger partial charge in [-0.25, -0.2) is 0 Å². The molecule has 0 saturated heterocycles. The molecular formula is C13H20N2O4. The van der Waals surface area contributed by atoms with Gasteiger partial charge in [-0.2, -0.15) is 0 Å². The minimum atomic E-state index is -0.475. The van der Waals surface area contributed by atoms with Gasteiger partial charge in [0.15, 0.2) is 0 Å². The van der Waals surface area contributed by atoms with Crippen molar-refractivity contribution in [2.45, 2.75) is 32.7 Å². The molecule has 2 N–H and O–H groups in total. The molecular weight excluding hydrogens is 248 g/mol. The molecule has 0 spiro atoms. The van der Waals surface area contributed by atoms with Crippen LogP contribution in [0.4, 0.5) is 5.69 Å². The largest absolute Gasteiger partial charge is 0.493 e. The van der Waals surface area contributed by atoms with Gasteiger partial charge in [0.1, 0.15) is 18.1 Å². The number of non-ortho nitro benzene ring substituents is 1. The van der Waals surface area contributed by atoms with Crippen LogP contribution >= 0.6 is 0 Å². The van der Waals surface area contributed by atoms with E-state index in [1.807, 2.05) is 20.8 Å². The number of nitro benzene ring substituents is 1. The fourth-order valence-electron chi connectivity index (χ4n) is 1.35. The first-order valence-electron chi connectivity index (χ1n) is 6.22. The number of rotatable bonds is 7. The maximum atomic E-state index is 10.8. The molecule has 0 aliphatic carbocycles. The normalized spacial score (nSPS) is 13.7. The quantitative estimate of drug-likeness (QED) is 0.606. The van der Waals surface area contributed by atoms with Gasteiger partial charge in [0.05, 0.1) is 23.7 Å². The van der Waals surface area contributed by atoms with Gasteiger partial charge < -0.3 is 15.2 Å². The Balaban J connectivity index is 2.90. The molecule has 6 nitrogen and oxygen atoms in total. The van der Waals surface area contributed by atoms with Crippen molar-refractivity contribution in [2.75, 3.05) is 13.2 Å². The average Bonchev–Trinajstić information content (AvgIpc) is 2.37. The maximum Gasteiger partial charge on any atom is 0.276 e. The molecule has 1 unspecified atom stereocenters. The molecule has 0 aliphatic rings. The van der Waals surface area contributed by atoms with Gasteiger partial charge >= 0.3 is 0 Å². The average molecular weight is 268 g/mol. The lowest BCUT2D eigenvalue weighted by atomic mass is 10.0. The fraction of sp³-hybridized carbons (Fsp3) is 0.538. The Bertz CT molecular complexity index is 446. The first-order valence-corrected chi connectivity index (χ1v) is 6.22.